The van der Waals surface area contributed by atoms with Crippen LogP contribution in [0, 0.1) is 19.8 Å². The van der Waals surface area contributed by atoms with E-state index in [0.29, 0.717) is 5.92 Å². The monoisotopic (exact) mass is 223 g/mol. The molecule has 0 spiro atoms. The first kappa shape index (κ1) is 11.7. The Morgan fingerprint density at radius 3 is 2.62 bits per heavy atom. The molecule has 0 saturated carbocycles. The van der Waals surface area contributed by atoms with Gasteiger partial charge in [-0.2, -0.15) is 0 Å². The number of rotatable bonds is 3. The van der Waals surface area contributed by atoms with Crippen LogP contribution in [0.4, 0.5) is 0 Å². The molecule has 0 aliphatic carbocycles. The molecule has 3 nitrogen and oxygen atoms in total. The lowest BCUT2D eigenvalue weighted by molar-refractivity contribution is 0.0618. The maximum atomic E-state index is 6.24. The van der Waals surface area contributed by atoms with Crippen LogP contribution in [-0.2, 0) is 4.74 Å². The third-order valence-corrected chi connectivity index (χ3v) is 3.41. The lowest BCUT2D eigenvalue weighted by Crippen LogP contribution is -2.21. The molecule has 1 fully saturated rings. The van der Waals surface area contributed by atoms with Crippen LogP contribution < -0.4 is 5.73 Å². The Balaban J connectivity index is 1.96. The summed E-state index contributed by atoms with van der Waals surface area (Å²) in [5, 5.41) is 0. The highest BCUT2D eigenvalue weighted by atomic mass is 16.5. The van der Waals surface area contributed by atoms with Gasteiger partial charge in [-0.1, -0.05) is 0 Å². The van der Waals surface area contributed by atoms with Crippen LogP contribution in [0.15, 0.2) is 10.5 Å². The van der Waals surface area contributed by atoms with Crippen molar-refractivity contribution in [1.82, 2.24) is 0 Å². The van der Waals surface area contributed by atoms with Crippen LogP contribution in [-0.4, -0.2) is 13.2 Å². The molecule has 1 unspecified atom stereocenters. The molecule has 0 amide bonds. The van der Waals surface area contributed by atoms with E-state index in [2.05, 4.69) is 6.07 Å². The number of ether oxygens (including phenoxy) is 1. The number of aryl methyl sites for hydroxylation is 2. The Labute approximate surface area is 97.0 Å². The van der Waals surface area contributed by atoms with Gasteiger partial charge in [-0.25, -0.2) is 0 Å². The van der Waals surface area contributed by atoms with Gasteiger partial charge in [0.1, 0.15) is 11.5 Å². The van der Waals surface area contributed by atoms with E-state index in [1.807, 2.05) is 13.8 Å². The summed E-state index contributed by atoms with van der Waals surface area (Å²) in [5.74, 6) is 2.63. The predicted molar refractivity (Wildman–Crippen MR) is 63.3 cm³/mol. The molecule has 0 bridgehead atoms. The molecule has 2 heterocycles. The highest BCUT2D eigenvalue weighted by Gasteiger charge is 2.20. The molecule has 3 heteroatoms. The second kappa shape index (κ2) is 5.02. The fourth-order valence-electron chi connectivity index (χ4n) is 2.49. The Bertz CT molecular complexity index is 340. The summed E-state index contributed by atoms with van der Waals surface area (Å²) in [4.78, 5) is 0. The summed E-state index contributed by atoms with van der Waals surface area (Å²) in [6.07, 6.45) is 3.33. The summed E-state index contributed by atoms with van der Waals surface area (Å²) >= 11 is 0. The van der Waals surface area contributed by atoms with E-state index in [1.54, 1.807) is 0 Å². The zero-order valence-corrected chi connectivity index (χ0v) is 10.2. The molecule has 1 aliphatic rings. The SMILES string of the molecule is Cc1cc(C(N)CC2CCOCC2)c(C)o1. The molecule has 16 heavy (non-hydrogen) atoms. The average molecular weight is 223 g/mol. The van der Waals surface area contributed by atoms with Crippen molar-refractivity contribution < 1.29 is 9.15 Å². The minimum atomic E-state index is 0.112. The third-order valence-electron chi connectivity index (χ3n) is 3.41. The molecule has 0 aromatic carbocycles. The van der Waals surface area contributed by atoms with Crippen molar-refractivity contribution in [1.29, 1.82) is 0 Å². The molecular formula is C13H21NO2. The smallest absolute Gasteiger partial charge is 0.105 e. The van der Waals surface area contributed by atoms with Crippen LogP contribution in [0.1, 0.15) is 42.4 Å². The first-order chi connectivity index (χ1) is 7.66. The van der Waals surface area contributed by atoms with E-state index in [1.165, 1.54) is 5.56 Å². The quantitative estimate of drug-likeness (QED) is 0.857. The van der Waals surface area contributed by atoms with Crippen LogP contribution in [0.3, 0.4) is 0 Å². The molecule has 1 aliphatic heterocycles. The van der Waals surface area contributed by atoms with Gasteiger partial charge in [0.15, 0.2) is 0 Å². The van der Waals surface area contributed by atoms with Gasteiger partial charge in [-0.3, -0.25) is 0 Å². The minimum absolute atomic E-state index is 0.112. The van der Waals surface area contributed by atoms with Crippen LogP contribution in [0.2, 0.25) is 0 Å². The van der Waals surface area contributed by atoms with Crippen molar-refractivity contribution >= 4 is 0 Å². The molecule has 2 N–H and O–H groups in total. The zero-order chi connectivity index (χ0) is 11.5. The number of hydrogen-bond donors (Lipinski definition) is 1. The maximum Gasteiger partial charge on any atom is 0.105 e. The van der Waals surface area contributed by atoms with Crippen molar-refractivity contribution in [3.05, 3.63) is 23.2 Å². The van der Waals surface area contributed by atoms with Crippen LogP contribution in [0.25, 0.3) is 0 Å². The Kier molecular flexibility index (Phi) is 3.66. The normalized spacial score (nSPS) is 19.9. The van der Waals surface area contributed by atoms with E-state index >= 15 is 0 Å². The maximum absolute atomic E-state index is 6.24. The number of hydrogen-bond acceptors (Lipinski definition) is 3. The van der Waals surface area contributed by atoms with Gasteiger partial charge >= 0.3 is 0 Å². The fraction of sp³-hybridized carbons (Fsp3) is 0.692. The predicted octanol–water partition coefficient (Wildman–Crippen LogP) is 2.71. The Morgan fingerprint density at radius 2 is 2.06 bits per heavy atom. The van der Waals surface area contributed by atoms with Crippen molar-refractivity contribution in [2.45, 2.75) is 39.2 Å². The van der Waals surface area contributed by atoms with Gasteiger partial charge in [0.05, 0.1) is 0 Å². The molecule has 2 rings (SSSR count). The van der Waals surface area contributed by atoms with Gasteiger partial charge in [0.2, 0.25) is 0 Å². The largest absolute Gasteiger partial charge is 0.466 e. The van der Waals surface area contributed by atoms with Gasteiger partial charge in [0.25, 0.3) is 0 Å². The lowest BCUT2D eigenvalue weighted by atomic mass is 9.90. The molecule has 1 aromatic heterocycles. The van der Waals surface area contributed by atoms with Crippen LogP contribution in [0.5, 0.6) is 0 Å². The van der Waals surface area contributed by atoms with Crippen molar-refractivity contribution in [3.63, 3.8) is 0 Å². The van der Waals surface area contributed by atoms with Crippen LogP contribution >= 0.6 is 0 Å². The number of nitrogens with two attached hydrogens (primary N) is 1. The van der Waals surface area contributed by atoms with Gasteiger partial charge in [0, 0.05) is 24.8 Å². The summed E-state index contributed by atoms with van der Waals surface area (Å²) in [7, 11) is 0. The Hall–Kier alpha value is -0.800. The molecule has 0 radical (unpaired) electrons. The highest BCUT2D eigenvalue weighted by molar-refractivity contribution is 5.23. The summed E-state index contributed by atoms with van der Waals surface area (Å²) < 4.78 is 10.9. The highest BCUT2D eigenvalue weighted by Crippen LogP contribution is 2.28. The minimum Gasteiger partial charge on any atom is -0.466 e. The molecule has 1 atom stereocenters. The van der Waals surface area contributed by atoms with Crippen molar-refractivity contribution in [2.75, 3.05) is 13.2 Å². The lowest BCUT2D eigenvalue weighted by Gasteiger charge is -2.24. The standard InChI is InChI=1S/C13H21NO2/c1-9-7-12(10(2)16-9)13(14)8-11-3-5-15-6-4-11/h7,11,13H,3-6,8,14H2,1-2H3. The van der Waals surface area contributed by atoms with E-state index in [0.717, 1.165) is 44.0 Å². The molecule has 1 aromatic rings. The van der Waals surface area contributed by atoms with Gasteiger partial charge in [-0.05, 0) is 45.1 Å². The second-order valence-corrected chi connectivity index (χ2v) is 4.77. The fourth-order valence-corrected chi connectivity index (χ4v) is 2.49. The zero-order valence-electron chi connectivity index (χ0n) is 10.2. The summed E-state index contributed by atoms with van der Waals surface area (Å²) in [5.41, 5.74) is 7.41. The van der Waals surface area contributed by atoms with E-state index in [4.69, 9.17) is 14.9 Å². The molecule has 1 saturated heterocycles. The molecular weight excluding hydrogens is 202 g/mol. The van der Waals surface area contributed by atoms with Gasteiger partial charge < -0.3 is 14.9 Å². The first-order valence-electron chi connectivity index (χ1n) is 6.07. The summed E-state index contributed by atoms with van der Waals surface area (Å²) in [6, 6.07) is 2.18. The van der Waals surface area contributed by atoms with E-state index in [9.17, 15) is 0 Å². The Morgan fingerprint density at radius 1 is 1.38 bits per heavy atom. The second-order valence-electron chi connectivity index (χ2n) is 4.77. The average Bonchev–Trinajstić information content (AvgIpc) is 2.59. The molecule has 90 valence electrons. The number of furan rings is 1. The van der Waals surface area contributed by atoms with E-state index < -0.39 is 0 Å². The van der Waals surface area contributed by atoms with Crippen molar-refractivity contribution in [2.24, 2.45) is 11.7 Å². The topological polar surface area (TPSA) is 48.4 Å². The van der Waals surface area contributed by atoms with Crippen molar-refractivity contribution in [3.8, 4) is 0 Å². The van der Waals surface area contributed by atoms with E-state index in [-0.39, 0.29) is 6.04 Å². The first-order valence-corrected chi connectivity index (χ1v) is 6.07. The third kappa shape index (κ3) is 2.66. The van der Waals surface area contributed by atoms with Gasteiger partial charge in [-0.15, -0.1) is 0 Å². The summed E-state index contributed by atoms with van der Waals surface area (Å²) in [6.45, 7) is 5.74.